The number of rotatable bonds is 3. The van der Waals surface area contributed by atoms with Gasteiger partial charge in [0.2, 0.25) is 0 Å². The van der Waals surface area contributed by atoms with Crippen LogP contribution in [0.3, 0.4) is 0 Å². The number of ether oxygens (including phenoxy) is 2. The Labute approximate surface area is 150 Å². The highest BCUT2D eigenvalue weighted by atomic mass is 19.4. The van der Waals surface area contributed by atoms with Gasteiger partial charge in [0.25, 0.3) is 0 Å². The summed E-state index contributed by atoms with van der Waals surface area (Å²) in [7, 11) is 1.40. The van der Waals surface area contributed by atoms with E-state index >= 15 is 0 Å². The van der Waals surface area contributed by atoms with Gasteiger partial charge >= 0.3 is 12.5 Å². The molecule has 0 aliphatic carbocycles. The van der Waals surface area contributed by atoms with Crippen molar-refractivity contribution in [3.63, 3.8) is 0 Å². The third-order valence-electron chi connectivity index (χ3n) is 3.56. The van der Waals surface area contributed by atoms with Crippen molar-refractivity contribution in [2.75, 3.05) is 7.05 Å². The van der Waals surface area contributed by atoms with Crippen LogP contribution in [0.5, 0.6) is 11.5 Å². The molecule has 0 saturated heterocycles. The number of hydrogen-bond acceptors (Lipinski definition) is 5. The Hall–Kier alpha value is -3.49. The second-order valence-corrected chi connectivity index (χ2v) is 5.35. The molecule has 0 saturated carbocycles. The van der Waals surface area contributed by atoms with Gasteiger partial charge in [0.1, 0.15) is 23.3 Å². The largest absolute Gasteiger partial charge is 0.573 e. The number of amides is 1. The SMILES string of the molecule is CNC(=O)Oc1ccc2c(=O)c(-c3ccc(OC(F)(F)F)cc3)coc2c1. The highest BCUT2D eigenvalue weighted by Gasteiger charge is 2.31. The molecular formula is C18H12F3NO5. The molecule has 0 aliphatic heterocycles. The standard InChI is InChI=1S/C18H12F3NO5/c1-22-17(24)26-12-6-7-13-15(8-12)25-9-14(16(13)23)10-2-4-11(5-3-10)27-18(19,20)21/h2-9H,1H3,(H,22,24). The summed E-state index contributed by atoms with van der Waals surface area (Å²) in [6.45, 7) is 0. The molecule has 1 heterocycles. The first-order valence-corrected chi connectivity index (χ1v) is 7.58. The summed E-state index contributed by atoms with van der Waals surface area (Å²) >= 11 is 0. The number of alkyl halides is 3. The van der Waals surface area contributed by atoms with Gasteiger partial charge in [0.05, 0.1) is 10.9 Å². The molecule has 3 rings (SSSR count). The lowest BCUT2D eigenvalue weighted by Gasteiger charge is -2.09. The van der Waals surface area contributed by atoms with E-state index in [1.165, 1.54) is 43.6 Å². The Morgan fingerprint density at radius 3 is 2.37 bits per heavy atom. The Balaban J connectivity index is 1.94. The minimum absolute atomic E-state index is 0.168. The lowest BCUT2D eigenvalue weighted by Crippen LogP contribution is -2.22. The Kier molecular flexibility index (Phi) is 4.76. The van der Waals surface area contributed by atoms with E-state index < -0.39 is 18.2 Å². The number of carbonyl (C=O) groups is 1. The van der Waals surface area contributed by atoms with Gasteiger partial charge in [-0.25, -0.2) is 4.79 Å². The van der Waals surface area contributed by atoms with E-state index in [1.54, 1.807) is 0 Å². The molecular weight excluding hydrogens is 367 g/mol. The fourth-order valence-corrected chi connectivity index (χ4v) is 2.37. The minimum Gasteiger partial charge on any atom is -0.463 e. The van der Waals surface area contributed by atoms with Crippen LogP contribution in [-0.4, -0.2) is 19.5 Å². The van der Waals surface area contributed by atoms with Crippen LogP contribution in [0.15, 0.2) is 57.9 Å². The van der Waals surface area contributed by atoms with Crippen molar-refractivity contribution in [1.29, 1.82) is 0 Å². The molecule has 9 heteroatoms. The van der Waals surface area contributed by atoms with Crippen LogP contribution in [0.25, 0.3) is 22.1 Å². The van der Waals surface area contributed by atoms with E-state index in [-0.39, 0.29) is 27.7 Å². The van der Waals surface area contributed by atoms with Crippen LogP contribution >= 0.6 is 0 Å². The molecule has 1 amide bonds. The van der Waals surface area contributed by atoms with Crippen LogP contribution in [0, 0.1) is 0 Å². The molecule has 140 valence electrons. The van der Waals surface area contributed by atoms with Gasteiger partial charge in [0.15, 0.2) is 5.43 Å². The smallest absolute Gasteiger partial charge is 0.463 e. The summed E-state index contributed by atoms with van der Waals surface area (Å²) in [6.07, 6.45) is -4.28. The first kappa shape index (κ1) is 18.3. The fraction of sp³-hybridized carbons (Fsp3) is 0.111. The molecule has 0 aliphatic rings. The predicted octanol–water partition coefficient (Wildman–Crippen LogP) is 4.08. The molecule has 6 nitrogen and oxygen atoms in total. The van der Waals surface area contributed by atoms with Crippen molar-refractivity contribution in [3.8, 4) is 22.6 Å². The summed E-state index contributed by atoms with van der Waals surface area (Å²) < 4.78 is 50.8. The molecule has 2 aromatic carbocycles. The van der Waals surface area contributed by atoms with Crippen molar-refractivity contribution in [3.05, 3.63) is 59.0 Å². The van der Waals surface area contributed by atoms with E-state index in [2.05, 4.69) is 10.1 Å². The summed E-state index contributed by atoms with van der Waals surface area (Å²) in [6, 6.07) is 9.10. The lowest BCUT2D eigenvalue weighted by atomic mass is 10.1. The first-order valence-electron chi connectivity index (χ1n) is 7.58. The molecule has 1 N–H and O–H groups in total. The van der Waals surface area contributed by atoms with Crippen LogP contribution in [0.4, 0.5) is 18.0 Å². The molecule has 0 unspecified atom stereocenters. The number of fused-ring (bicyclic) bond motifs is 1. The molecule has 0 radical (unpaired) electrons. The molecule has 1 aromatic heterocycles. The zero-order valence-electron chi connectivity index (χ0n) is 13.8. The average Bonchev–Trinajstić information content (AvgIpc) is 2.61. The van der Waals surface area contributed by atoms with Gasteiger partial charge in [-0.1, -0.05) is 12.1 Å². The maximum Gasteiger partial charge on any atom is 0.573 e. The van der Waals surface area contributed by atoms with E-state index in [0.29, 0.717) is 5.56 Å². The lowest BCUT2D eigenvalue weighted by molar-refractivity contribution is -0.274. The zero-order valence-corrected chi connectivity index (χ0v) is 13.8. The Morgan fingerprint density at radius 2 is 1.74 bits per heavy atom. The van der Waals surface area contributed by atoms with Gasteiger partial charge in [-0.05, 0) is 29.8 Å². The minimum atomic E-state index is -4.79. The van der Waals surface area contributed by atoms with Crippen molar-refractivity contribution < 1.29 is 31.9 Å². The molecule has 0 atom stereocenters. The molecule has 27 heavy (non-hydrogen) atoms. The number of benzene rings is 2. The van der Waals surface area contributed by atoms with Crippen molar-refractivity contribution >= 4 is 17.1 Å². The highest BCUT2D eigenvalue weighted by Crippen LogP contribution is 2.27. The second-order valence-electron chi connectivity index (χ2n) is 5.35. The average molecular weight is 379 g/mol. The van der Waals surface area contributed by atoms with E-state index in [4.69, 9.17) is 9.15 Å². The van der Waals surface area contributed by atoms with E-state index in [0.717, 1.165) is 12.1 Å². The second kappa shape index (κ2) is 7.02. The number of hydrogen-bond donors (Lipinski definition) is 1. The summed E-state index contributed by atoms with van der Waals surface area (Å²) in [5.74, 6) is -0.209. The highest BCUT2D eigenvalue weighted by molar-refractivity contribution is 5.83. The van der Waals surface area contributed by atoms with Gasteiger partial charge in [-0.15, -0.1) is 13.2 Å². The number of nitrogens with one attached hydrogen (secondary N) is 1. The normalized spacial score (nSPS) is 11.3. The van der Waals surface area contributed by atoms with Gasteiger partial charge in [0, 0.05) is 13.1 Å². The molecule has 3 aromatic rings. The first-order chi connectivity index (χ1) is 12.8. The maximum absolute atomic E-state index is 12.6. The Bertz CT molecular complexity index is 1040. The third kappa shape index (κ3) is 4.20. The summed E-state index contributed by atoms with van der Waals surface area (Å²) in [4.78, 5) is 23.9. The summed E-state index contributed by atoms with van der Waals surface area (Å²) in [5.41, 5.74) is 0.348. The van der Waals surface area contributed by atoms with E-state index in [1.807, 2.05) is 0 Å². The van der Waals surface area contributed by atoms with Gasteiger partial charge in [-0.3, -0.25) is 4.79 Å². The predicted molar refractivity (Wildman–Crippen MR) is 89.7 cm³/mol. The topological polar surface area (TPSA) is 77.8 Å². The van der Waals surface area contributed by atoms with Crippen LogP contribution in [0.2, 0.25) is 0 Å². The number of halogens is 3. The molecule has 0 spiro atoms. The Morgan fingerprint density at radius 1 is 1.07 bits per heavy atom. The van der Waals surface area contributed by atoms with E-state index in [9.17, 15) is 22.8 Å². The van der Waals surface area contributed by atoms with Crippen molar-refractivity contribution in [2.24, 2.45) is 0 Å². The molecule has 0 fully saturated rings. The van der Waals surface area contributed by atoms with Crippen LogP contribution in [-0.2, 0) is 0 Å². The van der Waals surface area contributed by atoms with Gasteiger partial charge < -0.3 is 19.2 Å². The van der Waals surface area contributed by atoms with Crippen LogP contribution < -0.4 is 20.2 Å². The fourth-order valence-electron chi connectivity index (χ4n) is 2.37. The van der Waals surface area contributed by atoms with Crippen molar-refractivity contribution in [2.45, 2.75) is 6.36 Å². The monoisotopic (exact) mass is 379 g/mol. The molecule has 0 bridgehead atoms. The number of carbonyl (C=O) groups excluding carboxylic acids is 1. The summed E-state index contributed by atoms with van der Waals surface area (Å²) in [5, 5.41) is 2.52. The zero-order chi connectivity index (χ0) is 19.6. The van der Waals surface area contributed by atoms with Gasteiger partial charge in [-0.2, -0.15) is 0 Å². The van der Waals surface area contributed by atoms with Crippen molar-refractivity contribution in [1.82, 2.24) is 5.32 Å². The van der Waals surface area contributed by atoms with Crippen LogP contribution in [0.1, 0.15) is 0 Å². The third-order valence-corrected chi connectivity index (χ3v) is 3.56. The maximum atomic E-state index is 12.6. The quantitative estimate of drug-likeness (QED) is 0.742.